The fourth-order valence-corrected chi connectivity index (χ4v) is 2.37. The molecular weight excluding hydrogens is 274 g/mol. The zero-order valence-electron chi connectivity index (χ0n) is 13.6. The number of rotatable bonds is 7. The van der Waals surface area contributed by atoms with Gasteiger partial charge in [0.1, 0.15) is 12.0 Å². The molecule has 0 saturated heterocycles. The van der Waals surface area contributed by atoms with Gasteiger partial charge < -0.3 is 16.0 Å². The number of nitrogens with zero attached hydrogens (tertiary/aromatic N) is 3. The summed E-state index contributed by atoms with van der Waals surface area (Å²) in [6, 6.07) is 8.19. The van der Waals surface area contributed by atoms with E-state index >= 15 is 0 Å². The summed E-state index contributed by atoms with van der Waals surface area (Å²) < 4.78 is 0. The van der Waals surface area contributed by atoms with E-state index in [1.54, 1.807) is 6.33 Å². The van der Waals surface area contributed by atoms with E-state index in [1.165, 1.54) is 5.56 Å². The third-order valence-electron chi connectivity index (χ3n) is 3.72. The third-order valence-corrected chi connectivity index (χ3v) is 3.72. The maximum atomic E-state index is 6.27. The van der Waals surface area contributed by atoms with Gasteiger partial charge >= 0.3 is 0 Å². The first-order valence-corrected chi connectivity index (χ1v) is 7.83. The smallest absolute Gasteiger partial charge is 0.159 e. The monoisotopic (exact) mass is 299 g/mol. The van der Waals surface area contributed by atoms with Gasteiger partial charge in [0.05, 0.1) is 0 Å². The van der Waals surface area contributed by atoms with Gasteiger partial charge in [0.2, 0.25) is 0 Å². The van der Waals surface area contributed by atoms with Gasteiger partial charge in [-0.1, -0.05) is 38.5 Å². The van der Waals surface area contributed by atoms with Crippen LogP contribution in [-0.4, -0.2) is 23.6 Å². The molecule has 0 fully saturated rings. The minimum atomic E-state index is 0.590. The molecule has 1 aromatic carbocycles. The summed E-state index contributed by atoms with van der Waals surface area (Å²) in [5.41, 5.74) is 9.13. The van der Waals surface area contributed by atoms with E-state index in [2.05, 4.69) is 40.1 Å². The number of unbranched alkanes of at least 4 members (excludes halogenated alkanes) is 1. The molecule has 3 N–H and O–H groups in total. The molecule has 1 aromatic heterocycles. The lowest BCUT2D eigenvalue weighted by Gasteiger charge is -2.21. The van der Waals surface area contributed by atoms with E-state index < -0.39 is 0 Å². The van der Waals surface area contributed by atoms with Crippen LogP contribution in [0.25, 0.3) is 0 Å². The molecule has 5 nitrogen and oxygen atoms in total. The predicted molar refractivity (Wildman–Crippen MR) is 93.7 cm³/mol. The molecule has 2 rings (SSSR count). The highest BCUT2D eigenvalue weighted by Crippen LogP contribution is 2.29. The minimum Gasteiger partial charge on any atom is -0.393 e. The number of nitrogens with one attached hydrogen (secondary N) is 1. The van der Waals surface area contributed by atoms with Crippen molar-refractivity contribution in [1.29, 1.82) is 0 Å². The summed E-state index contributed by atoms with van der Waals surface area (Å²) in [5, 5.41) is 3.34. The summed E-state index contributed by atoms with van der Waals surface area (Å²) in [7, 11) is 2.01. The molecule has 0 radical (unpaired) electrons. The molecule has 0 unspecified atom stereocenters. The van der Waals surface area contributed by atoms with Crippen LogP contribution in [0.5, 0.6) is 0 Å². The standard InChI is InChI=1S/C17H25N5/c1-4-6-11-22(3)17-15(18)16(19-12-20-17)21-14-10-8-7-9-13(14)5-2/h7-10,12H,4-6,11,18H2,1-3H3,(H,19,20,21). The van der Waals surface area contributed by atoms with E-state index in [4.69, 9.17) is 5.73 Å². The number of para-hydroxylation sites is 1. The van der Waals surface area contributed by atoms with E-state index in [0.717, 1.165) is 37.3 Å². The Morgan fingerprint density at radius 2 is 1.95 bits per heavy atom. The highest BCUT2D eigenvalue weighted by Gasteiger charge is 2.12. The van der Waals surface area contributed by atoms with Crippen molar-refractivity contribution in [3.05, 3.63) is 36.2 Å². The highest BCUT2D eigenvalue weighted by atomic mass is 15.2. The van der Waals surface area contributed by atoms with Gasteiger partial charge in [0, 0.05) is 19.3 Å². The van der Waals surface area contributed by atoms with Crippen molar-refractivity contribution < 1.29 is 0 Å². The molecule has 118 valence electrons. The summed E-state index contributed by atoms with van der Waals surface area (Å²) in [5.74, 6) is 1.44. The number of anilines is 4. The molecule has 2 aromatic rings. The highest BCUT2D eigenvalue weighted by molar-refractivity contribution is 5.78. The molecule has 1 heterocycles. The molecule has 0 aliphatic heterocycles. The Kier molecular flexibility index (Phi) is 5.58. The van der Waals surface area contributed by atoms with Crippen molar-refractivity contribution in [2.45, 2.75) is 33.1 Å². The van der Waals surface area contributed by atoms with Gasteiger partial charge in [0.15, 0.2) is 11.6 Å². The van der Waals surface area contributed by atoms with Gasteiger partial charge in [-0.05, 0) is 24.5 Å². The third kappa shape index (κ3) is 3.67. The lowest BCUT2D eigenvalue weighted by Crippen LogP contribution is -2.21. The molecule has 22 heavy (non-hydrogen) atoms. The van der Waals surface area contributed by atoms with Crippen molar-refractivity contribution in [3.8, 4) is 0 Å². The number of benzene rings is 1. The lowest BCUT2D eigenvalue weighted by molar-refractivity contribution is 0.759. The second-order valence-electron chi connectivity index (χ2n) is 5.37. The Labute approximate surface area is 132 Å². The summed E-state index contributed by atoms with van der Waals surface area (Å²) in [4.78, 5) is 10.7. The summed E-state index contributed by atoms with van der Waals surface area (Å²) in [6.07, 6.45) is 4.77. The largest absolute Gasteiger partial charge is 0.393 e. The van der Waals surface area contributed by atoms with Crippen LogP contribution in [0.15, 0.2) is 30.6 Å². The number of hydrogen-bond donors (Lipinski definition) is 2. The van der Waals surface area contributed by atoms with Gasteiger partial charge in [-0.15, -0.1) is 0 Å². The van der Waals surface area contributed by atoms with Crippen LogP contribution >= 0.6 is 0 Å². The number of nitrogen functional groups attached to an aromatic ring is 1. The van der Waals surface area contributed by atoms with E-state index in [-0.39, 0.29) is 0 Å². The predicted octanol–water partition coefficient (Wildman–Crippen LogP) is 3.60. The van der Waals surface area contributed by atoms with Crippen LogP contribution in [0.4, 0.5) is 23.0 Å². The minimum absolute atomic E-state index is 0.590. The van der Waals surface area contributed by atoms with Crippen LogP contribution in [0.2, 0.25) is 0 Å². The van der Waals surface area contributed by atoms with E-state index in [0.29, 0.717) is 11.5 Å². The molecule has 0 aliphatic carbocycles. The molecule has 0 atom stereocenters. The fraction of sp³-hybridized carbons (Fsp3) is 0.412. The zero-order chi connectivity index (χ0) is 15.9. The van der Waals surface area contributed by atoms with Crippen LogP contribution < -0.4 is 16.0 Å². The Morgan fingerprint density at radius 1 is 1.18 bits per heavy atom. The van der Waals surface area contributed by atoms with E-state index in [1.807, 2.05) is 25.2 Å². The normalized spacial score (nSPS) is 10.5. The molecule has 0 saturated carbocycles. The fourth-order valence-electron chi connectivity index (χ4n) is 2.37. The molecule has 0 bridgehead atoms. The number of aryl methyl sites for hydroxylation is 1. The average Bonchev–Trinajstić information content (AvgIpc) is 2.55. The van der Waals surface area contributed by atoms with Gasteiger partial charge in [-0.2, -0.15) is 0 Å². The van der Waals surface area contributed by atoms with Crippen molar-refractivity contribution in [2.75, 3.05) is 29.5 Å². The SMILES string of the molecule is CCCCN(C)c1ncnc(Nc2ccccc2CC)c1N. The molecule has 0 aliphatic rings. The van der Waals surface area contributed by atoms with Crippen molar-refractivity contribution >= 4 is 23.0 Å². The van der Waals surface area contributed by atoms with Gasteiger partial charge in [0.25, 0.3) is 0 Å². The Morgan fingerprint density at radius 3 is 2.68 bits per heavy atom. The van der Waals surface area contributed by atoms with Gasteiger partial charge in [-0.3, -0.25) is 0 Å². The van der Waals surface area contributed by atoms with Gasteiger partial charge in [-0.25, -0.2) is 9.97 Å². The maximum Gasteiger partial charge on any atom is 0.159 e. The average molecular weight is 299 g/mol. The molecule has 0 spiro atoms. The first-order valence-electron chi connectivity index (χ1n) is 7.83. The summed E-state index contributed by atoms with van der Waals surface area (Å²) >= 11 is 0. The number of hydrogen-bond acceptors (Lipinski definition) is 5. The van der Waals surface area contributed by atoms with Crippen LogP contribution in [0.1, 0.15) is 32.3 Å². The zero-order valence-corrected chi connectivity index (χ0v) is 13.6. The Bertz CT molecular complexity index is 612. The number of aromatic nitrogens is 2. The lowest BCUT2D eigenvalue weighted by atomic mass is 10.1. The Balaban J connectivity index is 2.25. The van der Waals surface area contributed by atoms with Crippen molar-refractivity contribution in [2.24, 2.45) is 0 Å². The summed E-state index contributed by atoms with van der Waals surface area (Å²) in [6.45, 7) is 5.24. The molecular formula is C17H25N5. The topological polar surface area (TPSA) is 67.1 Å². The Hall–Kier alpha value is -2.30. The maximum absolute atomic E-state index is 6.27. The first kappa shape index (κ1) is 16.1. The van der Waals surface area contributed by atoms with Crippen LogP contribution in [0.3, 0.4) is 0 Å². The second-order valence-corrected chi connectivity index (χ2v) is 5.37. The van der Waals surface area contributed by atoms with Crippen LogP contribution in [-0.2, 0) is 6.42 Å². The van der Waals surface area contributed by atoms with E-state index in [9.17, 15) is 0 Å². The first-order chi connectivity index (χ1) is 10.7. The molecule has 0 amide bonds. The second kappa shape index (κ2) is 7.64. The van der Waals surface area contributed by atoms with Crippen molar-refractivity contribution in [3.63, 3.8) is 0 Å². The quantitative estimate of drug-likeness (QED) is 0.817. The number of nitrogens with two attached hydrogens (primary N) is 1. The molecule has 5 heteroatoms. The van der Waals surface area contributed by atoms with Crippen molar-refractivity contribution in [1.82, 2.24) is 9.97 Å². The van der Waals surface area contributed by atoms with Crippen LogP contribution in [0, 0.1) is 0 Å².